The summed E-state index contributed by atoms with van der Waals surface area (Å²) in [6, 6.07) is 3.62. The first-order valence-corrected chi connectivity index (χ1v) is 5.96. The van der Waals surface area contributed by atoms with Gasteiger partial charge in [0.25, 0.3) is 6.43 Å². The van der Waals surface area contributed by atoms with Crippen LogP contribution in [0, 0.1) is 9.52 Å². The Balaban J connectivity index is 2.73. The first-order valence-electron chi connectivity index (χ1n) is 4.50. The van der Waals surface area contributed by atoms with Gasteiger partial charge in [0, 0.05) is 5.39 Å². The van der Waals surface area contributed by atoms with E-state index in [1.807, 2.05) is 0 Å². The predicted octanol–water partition coefficient (Wildman–Crippen LogP) is 4.77. The quantitative estimate of drug-likeness (QED) is 0.525. The molecule has 1 nitrogen and oxygen atoms in total. The molecule has 17 heavy (non-hydrogen) atoms. The molecule has 1 unspecified atom stereocenters. The van der Waals surface area contributed by atoms with Crippen molar-refractivity contribution in [2.75, 3.05) is 0 Å². The number of hydrogen-bond donors (Lipinski definition) is 0. The molecule has 0 aliphatic heterocycles. The second kappa shape index (κ2) is 4.64. The fraction of sp³-hybridized carbons (Fsp3) is 0.200. The lowest BCUT2D eigenvalue weighted by molar-refractivity contribution is 0.00929. The third kappa shape index (κ3) is 2.12. The van der Waals surface area contributed by atoms with Crippen molar-refractivity contribution in [2.24, 2.45) is 0 Å². The SMILES string of the molecule is Fc1ccc2c(cc(I)n2C(F)C(F)F)c1Cl. The van der Waals surface area contributed by atoms with Crippen LogP contribution in [0.4, 0.5) is 17.6 Å². The molecule has 0 aliphatic rings. The monoisotopic (exact) mass is 377 g/mol. The van der Waals surface area contributed by atoms with E-state index in [0.717, 1.165) is 10.6 Å². The minimum Gasteiger partial charge on any atom is -0.300 e. The van der Waals surface area contributed by atoms with Gasteiger partial charge in [-0.3, -0.25) is 0 Å². The standard InChI is InChI=1S/C10H5ClF4IN/c11-8-4-3-7(16)17(10(15)9(13)14)6(4)2-1-5(8)12/h1-3,9-10H. The summed E-state index contributed by atoms with van der Waals surface area (Å²) in [5.74, 6) is -0.667. The van der Waals surface area contributed by atoms with E-state index in [1.54, 1.807) is 22.6 Å². The molecule has 0 radical (unpaired) electrons. The smallest absolute Gasteiger partial charge is 0.288 e. The topological polar surface area (TPSA) is 4.93 Å². The zero-order chi connectivity index (χ0) is 12.7. The van der Waals surface area contributed by atoms with Crippen LogP contribution in [-0.4, -0.2) is 11.0 Å². The Morgan fingerprint density at radius 2 is 1.88 bits per heavy atom. The van der Waals surface area contributed by atoms with Crippen LogP contribution in [0.25, 0.3) is 10.9 Å². The Morgan fingerprint density at radius 3 is 2.47 bits per heavy atom. The van der Waals surface area contributed by atoms with Crippen LogP contribution >= 0.6 is 34.2 Å². The van der Waals surface area contributed by atoms with Crippen molar-refractivity contribution in [1.82, 2.24) is 4.57 Å². The summed E-state index contributed by atoms with van der Waals surface area (Å²) in [6.45, 7) is 0. The zero-order valence-corrected chi connectivity index (χ0v) is 11.0. The van der Waals surface area contributed by atoms with Gasteiger partial charge in [-0.1, -0.05) is 11.6 Å². The van der Waals surface area contributed by atoms with Crippen LogP contribution in [0.1, 0.15) is 6.30 Å². The van der Waals surface area contributed by atoms with Crippen molar-refractivity contribution in [3.8, 4) is 0 Å². The van der Waals surface area contributed by atoms with Crippen LogP contribution in [0.15, 0.2) is 18.2 Å². The highest BCUT2D eigenvalue weighted by molar-refractivity contribution is 14.1. The summed E-state index contributed by atoms with van der Waals surface area (Å²) < 4.78 is 52.3. The number of aromatic nitrogens is 1. The van der Waals surface area contributed by atoms with Crippen LogP contribution in [0.2, 0.25) is 5.02 Å². The second-order valence-electron chi connectivity index (χ2n) is 3.34. The molecule has 7 heteroatoms. The van der Waals surface area contributed by atoms with Crippen LogP contribution < -0.4 is 0 Å². The third-order valence-corrected chi connectivity index (χ3v) is 3.53. The molecule has 2 aromatic rings. The van der Waals surface area contributed by atoms with E-state index < -0.39 is 18.5 Å². The lowest BCUT2D eigenvalue weighted by atomic mass is 10.2. The van der Waals surface area contributed by atoms with Crippen LogP contribution in [0.5, 0.6) is 0 Å². The molecular weight excluding hydrogens is 372 g/mol. The number of halogens is 6. The van der Waals surface area contributed by atoms with Gasteiger partial charge in [-0.05, 0) is 40.8 Å². The Morgan fingerprint density at radius 1 is 1.24 bits per heavy atom. The summed E-state index contributed by atoms with van der Waals surface area (Å²) in [5.41, 5.74) is 0.147. The normalized spacial score (nSPS) is 13.6. The molecule has 1 atom stereocenters. The molecule has 0 bridgehead atoms. The molecule has 0 N–H and O–H groups in total. The number of hydrogen-bond acceptors (Lipinski definition) is 0. The van der Waals surface area contributed by atoms with Gasteiger partial charge in [0.05, 0.1) is 14.2 Å². The fourth-order valence-corrected chi connectivity index (χ4v) is 2.62. The Kier molecular flexibility index (Phi) is 3.53. The molecule has 2 rings (SSSR count). The first kappa shape index (κ1) is 12.9. The molecule has 1 aromatic heterocycles. The highest BCUT2D eigenvalue weighted by Gasteiger charge is 2.25. The van der Waals surface area contributed by atoms with Gasteiger partial charge in [-0.25, -0.2) is 17.6 Å². The number of nitrogens with zero attached hydrogens (tertiary/aromatic N) is 1. The molecule has 0 spiro atoms. The van der Waals surface area contributed by atoms with Gasteiger partial charge in [0.15, 0.2) is 0 Å². The van der Waals surface area contributed by atoms with Gasteiger partial charge < -0.3 is 4.57 Å². The summed E-state index contributed by atoms with van der Waals surface area (Å²) in [6.07, 6.45) is -5.62. The maximum Gasteiger partial charge on any atom is 0.288 e. The largest absolute Gasteiger partial charge is 0.300 e. The van der Waals surface area contributed by atoms with Gasteiger partial charge in [0.1, 0.15) is 5.82 Å². The summed E-state index contributed by atoms with van der Waals surface area (Å²) >= 11 is 7.39. The van der Waals surface area contributed by atoms with Crippen LogP contribution in [0.3, 0.4) is 0 Å². The molecular formula is C10H5ClF4IN. The Bertz CT molecular complexity index is 569. The zero-order valence-electron chi connectivity index (χ0n) is 8.10. The Labute approximate surface area is 112 Å². The molecule has 0 saturated carbocycles. The maximum atomic E-state index is 13.4. The fourth-order valence-electron chi connectivity index (χ4n) is 1.57. The first-order chi connectivity index (χ1) is 7.93. The molecule has 0 saturated heterocycles. The van der Waals surface area contributed by atoms with E-state index in [0.29, 0.717) is 0 Å². The number of fused-ring (bicyclic) bond motifs is 1. The van der Waals surface area contributed by atoms with Gasteiger partial charge in [0.2, 0.25) is 6.30 Å². The highest BCUT2D eigenvalue weighted by atomic mass is 127. The van der Waals surface area contributed by atoms with E-state index in [1.165, 1.54) is 12.1 Å². The van der Waals surface area contributed by atoms with E-state index in [-0.39, 0.29) is 19.6 Å². The lowest BCUT2D eigenvalue weighted by Crippen LogP contribution is -2.13. The Hall–Kier alpha value is -0.500. The average molecular weight is 378 g/mol. The van der Waals surface area contributed by atoms with E-state index in [9.17, 15) is 17.6 Å². The van der Waals surface area contributed by atoms with Gasteiger partial charge in [-0.2, -0.15) is 0 Å². The van der Waals surface area contributed by atoms with Crippen molar-refractivity contribution in [3.63, 3.8) is 0 Å². The third-order valence-electron chi connectivity index (χ3n) is 2.32. The molecule has 0 amide bonds. The van der Waals surface area contributed by atoms with Crippen molar-refractivity contribution in [1.29, 1.82) is 0 Å². The minimum atomic E-state index is -3.15. The number of rotatable bonds is 2. The van der Waals surface area contributed by atoms with Gasteiger partial charge >= 0.3 is 0 Å². The van der Waals surface area contributed by atoms with Crippen molar-refractivity contribution >= 4 is 45.1 Å². The molecule has 1 aromatic carbocycles. The highest BCUT2D eigenvalue weighted by Crippen LogP contribution is 2.34. The van der Waals surface area contributed by atoms with Gasteiger partial charge in [-0.15, -0.1) is 0 Å². The number of benzene rings is 1. The molecule has 92 valence electrons. The second-order valence-corrected chi connectivity index (χ2v) is 4.82. The van der Waals surface area contributed by atoms with Crippen LogP contribution in [-0.2, 0) is 0 Å². The molecule has 0 aliphatic carbocycles. The van der Waals surface area contributed by atoms with Crippen molar-refractivity contribution < 1.29 is 17.6 Å². The van der Waals surface area contributed by atoms with E-state index in [4.69, 9.17) is 11.6 Å². The molecule has 1 heterocycles. The average Bonchev–Trinajstić information content (AvgIpc) is 2.60. The van der Waals surface area contributed by atoms with Crippen molar-refractivity contribution in [3.05, 3.63) is 32.7 Å². The number of alkyl halides is 3. The summed E-state index contributed by atoms with van der Waals surface area (Å²) in [5, 5.41) is 0.0278. The van der Waals surface area contributed by atoms with E-state index >= 15 is 0 Å². The van der Waals surface area contributed by atoms with E-state index in [2.05, 4.69) is 0 Å². The van der Waals surface area contributed by atoms with Crippen molar-refractivity contribution in [2.45, 2.75) is 12.7 Å². The minimum absolute atomic E-state index is 0.147. The lowest BCUT2D eigenvalue weighted by Gasteiger charge is -2.12. The maximum absolute atomic E-state index is 13.4. The summed E-state index contributed by atoms with van der Waals surface area (Å²) in [4.78, 5) is 0. The summed E-state index contributed by atoms with van der Waals surface area (Å²) in [7, 11) is 0. The molecule has 0 fully saturated rings. The predicted molar refractivity (Wildman–Crippen MR) is 65.8 cm³/mol.